The Balaban J connectivity index is 1.89. The first-order valence-corrected chi connectivity index (χ1v) is 8.29. The van der Waals surface area contributed by atoms with Gasteiger partial charge < -0.3 is 4.90 Å². The maximum Gasteiger partial charge on any atom is 0.222 e. The fourth-order valence-corrected chi connectivity index (χ4v) is 3.12. The normalized spacial score (nSPS) is 22.0. The van der Waals surface area contributed by atoms with Crippen LogP contribution in [0.5, 0.6) is 0 Å². The van der Waals surface area contributed by atoms with Gasteiger partial charge in [0.1, 0.15) is 0 Å². The minimum atomic E-state index is 0.250. The van der Waals surface area contributed by atoms with E-state index in [9.17, 15) is 4.79 Å². The number of likely N-dealkylation sites (tertiary alicyclic amines) is 1. The Morgan fingerprint density at radius 2 is 2.18 bits per heavy atom. The lowest BCUT2D eigenvalue weighted by Crippen LogP contribution is -2.46. The van der Waals surface area contributed by atoms with E-state index in [1.54, 1.807) is 0 Å². The molecular formula is C18H29N3O. The molecule has 0 spiro atoms. The third kappa shape index (κ3) is 4.72. The predicted octanol–water partition coefficient (Wildman–Crippen LogP) is 3.57. The molecule has 0 unspecified atom stereocenters. The van der Waals surface area contributed by atoms with Gasteiger partial charge in [-0.05, 0) is 51.5 Å². The number of piperidine rings is 1. The second kappa shape index (κ2) is 7.12. The molecule has 0 bridgehead atoms. The lowest BCUT2D eigenvalue weighted by molar-refractivity contribution is -0.137. The van der Waals surface area contributed by atoms with E-state index in [4.69, 9.17) is 0 Å². The summed E-state index contributed by atoms with van der Waals surface area (Å²) < 4.78 is 1.93. The molecule has 1 aliphatic rings. The first-order chi connectivity index (χ1) is 10.4. The average Bonchev–Trinajstić information content (AvgIpc) is 2.85. The fraction of sp³-hybridized carbons (Fsp3) is 0.667. The number of amides is 1. The van der Waals surface area contributed by atoms with Gasteiger partial charge >= 0.3 is 0 Å². The Hall–Kier alpha value is -1.58. The highest BCUT2D eigenvalue weighted by Crippen LogP contribution is 2.34. The summed E-state index contributed by atoms with van der Waals surface area (Å²) in [5, 5.41) is 4.40. The molecule has 0 saturated carbocycles. The smallest absolute Gasteiger partial charge is 0.222 e. The van der Waals surface area contributed by atoms with Crippen LogP contribution in [0, 0.1) is 12.3 Å². The Morgan fingerprint density at radius 3 is 2.82 bits per heavy atom. The van der Waals surface area contributed by atoms with E-state index in [-0.39, 0.29) is 5.41 Å². The van der Waals surface area contributed by atoms with E-state index in [1.807, 2.05) is 28.8 Å². The van der Waals surface area contributed by atoms with Gasteiger partial charge in [-0.3, -0.25) is 9.48 Å². The molecule has 1 fully saturated rings. The van der Waals surface area contributed by atoms with Gasteiger partial charge in [-0.15, -0.1) is 0 Å². The fourth-order valence-electron chi connectivity index (χ4n) is 3.12. The van der Waals surface area contributed by atoms with Gasteiger partial charge in [0.15, 0.2) is 0 Å². The maximum atomic E-state index is 12.2. The second-order valence-electron chi connectivity index (χ2n) is 7.17. The van der Waals surface area contributed by atoms with Crippen LogP contribution in [-0.2, 0) is 11.3 Å². The summed E-state index contributed by atoms with van der Waals surface area (Å²) in [5.41, 5.74) is 2.65. The van der Waals surface area contributed by atoms with Crippen LogP contribution in [0.15, 0.2) is 23.9 Å². The molecule has 1 aliphatic heterocycles. The van der Waals surface area contributed by atoms with E-state index in [0.717, 1.165) is 44.6 Å². The molecule has 2 rings (SSSR count). The Labute approximate surface area is 134 Å². The molecule has 1 saturated heterocycles. The van der Waals surface area contributed by atoms with Gasteiger partial charge in [0, 0.05) is 25.7 Å². The number of hydrogen-bond donors (Lipinski definition) is 0. The van der Waals surface area contributed by atoms with Crippen LogP contribution < -0.4 is 0 Å². The molecule has 0 aliphatic carbocycles. The van der Waals surface area contributed by atoms with Gasteiger partial charge in [0.25, 0.3) is 0 Å². The third-order valence-corrected chi connectivity index (χ3v) is 4.54. The highest BCUT2D eigenvalue weighted by Gasteiger charge is 2.34. The summed E-state index contributed by atoms with van der Waals surface area (Å²) in [4.78, 5) is 14.2. The van der Waals surface area contributed by atoms with E-state index < -0.39 is 0 Å². The number of hydrogen-bond acceptors (Lipinski definition) is 2. The Bertz CT molecular complexity index is 542. The second-order valence-corrected chi connectivity index (χ2v) is 7.17. The lowest BCUT2D eigenvalue weighted by Gasteiger charge is -2.40. The van der Waals surface area contributed by atoms with Crippen LogP contribution in [0.25, 0.3) is 0 Å². The van der Waals surface area contributed by atoms with Crippen LogP contribution in [0.4, 0.5) is 0 Å². The van der Waals surface area contributed by atoms with Crippen molar-refractivity contribution < 1.29 is 4.79 Å². The van der Waals surface area contributed by atoms with Crippen molar-refractivity contribution >= 4 is 5.91 Å². The van der Waals surface area contributed by atoms with Crippen LogP contribution in [-0.4, -0.2) is 33.7 Å². The summed E-state index contributed by atoms with van der Waals surface area (Å²) in [7, 11) is 0. The molecule has 2 heterocycles. The SMILES string of the molecule is CC(C)=CCC[C@]1(C)CCC(=O)N(CCn2ccc(C)n2)C1. The van der Waals surface area contributed by atoms with Crippen molar-refractivity contribution in [3.63, 3.8) is 0 Å². The predicted molar refractivity (Wildman–Crippen MR) is 89.6 cm³/mol. The van der Waals surface area contributed by atoms with Crippen LogP contribution in [0.2, 0.25) is 0 Å². The van der Waals surface area contributed by atoms with Gasteiger partial charge in [-0.2, -0.15) is 5.10 Å². The molecule has 1 amide bonds. The van der Waals surface area contributed by atoms with Crippen molar-refractivity contribution in [1.82, 2.24) is 14.7 Å². The summed E-state index contributed by atoms with van der Waals surface area (Å²) in [5.74, 6) is 0.295. The molecular weight excluding hydrogens is 274 g/mol. The van der Waals surface area contributed by atoms with E-state index in [2.05, 4.69) is 31.9 Å². The third-order valence-electron chi connectivity index (χ3n) is 4.54. The molecule has 4 heteroatoms. The van der Waals surface area contributed by atoms with E-state index >= 15 is 0 Å². The number of carbonyl (C=O) groups excluding carboxylic acids is 1. The lowest BCUT2D eigenvalue weighted by atomic mass is 9.77. The number of aryl methyl sites for hydroxylation is 1. The topological polar surface area (TPSA) is 38.1 Å². The van der Waals surface area contributed by atoms with Crippen molar-refractivity contribution in [1.29, 1.82) is 0 Å². The van der Waals surface area contributed by atoms with Crippen LogP contribution in [0.1, 0.15) is 52.1 Å². The molecule has 0 aromatic carbocycles. The standard InChI is InChI=1S/C18H29N3O/c1-15(2)6-5-9-18(4)10-7-17(22)20(14-18)12-13-21-11-8-16(3)19-21/h6,8,11H,5,7,9-10,12-14H2,1-4H3/t18-/m1/s1. The molecule has 0 radical (unpaired) electrons. The minimum Gasteiger partial charge on any atom is -0.340 e. The monoisotopic (exact) mass is 303 g/mol. The van der Waals surface area contributed by atoms with Gasteiger partial charge in [0.2, 0.25) is 5.91 Å². The number of nitrogens with zero attached hydrogens (tertiary/aromatic N) is 3. The first-order valence-electron chi connectivity index (χ1n) is 8.29. The van der Waals surface area contributed by atoms with Gasteiger partial charge in [0.05, 0.1) is 12.2 Å². The summed E-state index contributed by atoms with van der Waals surface area (Å²) >= 11 is 0. The summed E-state index contributed by atoms with van der Waals surface area (Å²) in [6, 6.07) is 2.00. The van der Waals surface area contributed by atoms with E-state index in [0.29, 0.717) is 12.3 Å². The summed E-state index contributed by atoms with van der Waals surface area (Å²) in [6.45, 7) is 11.0. The number of aromatic nitrogens is 2. The average molecular weight is 303 g/mol. The first kappa shape index (κ1) is 16.8. The van der Waals surface area contributed by atoms with Crippen molar-refractivity contribution in [2.45, 2.75) is 59.9 Å². The molecule has 1 aromatic heterocycles. The molecule has 22 heavy (non-hydrogen) atoms. The molecule has 1 aromatic rings. The van der Waals surface area contributed by atoms with E-state index in [1.165, 1.54) is 5.57 Å². The zero-order valence-corrected chi connectivity index (χ0v) is 14.4. The van der Waals surface area contributed by atoms with Gasteiger partial charge in [-0.25, -0.2) is 0 Å². The Morgan fingerprint density at radius 1 is 1.41 bits per heavy atom. The number of carbonyl (C=O) groups is 1. The van der Waals surface area contributed by atoms with Crippen LogP contribution in [0.3, 0.4) is 0 Å². The van der Waals surface area contributed by atoms with Crippen molar-refractivity contribution in [3.05, 3.63) is 29.6 Å². The maximum absolute atomic E-state index is 12.2. The quantitative estimate of drug-likeness (QED) is 0.754. The largest absolute Gasteiger partial charge is 0.340 e. The summed E-state index contributed by atoms with van der Waals surface area (Å²) in [6.07, 6.45) is 8.25. The zero-order chi connectivity index (χ0) is 16.2. The Kier molecular flexibility index (Phi) is 5.43. The molecule has 0 N–H and O–H groups in total. The van der Waals surface area contributed by atoms with Gasteiger partial charge in [-0.1, -0.05) is 18.6 Å². The number of rotatable bonds is 6. The van der Waals surface area contributed by atoms with Crippen molar-refractivity contribution in [2.24, 2.45) is 5.41 Å². The molecule has 4 nitrogen and oxygen atoms in total. The van der Waals surface area contributed by atoms with Crippen molar-refractivity contribution in [3.8, 4) is 0 Å². The highest BCUT2D eigenvalue weighted by atomic mass is 16.2. The van der Waals surface area contributed by atoms with Crippen LogP contribution >= 0.6 is 0 Å². The molecule has 122 valence electrons. The number of allylic oxidation sites excluding steroid dienone is 2. The highest BCUT2D eigenvalue weighted by molar-refractivity contribution is 5.77. The minimum absolute atomic E-state index is 0.250. The zero-order valence-electron chi connectivity index (χ0n) is 14.4. The van der Waals surface area contributed by atoms with Crippen molar-refractivity contribution in [2.75, 3.05) is 13.1 Å². The molecule has 1 atom stereocenters.